The Balaban J connectivity index is 1.48. The van der Waals surface area contributed by atoms with Crippen molar-refractivity contribution in [1.82, 2.24) is 5.32 Å². The molecule has 0 aliphatic carbocycles. The van der Waals surface area contributed by atoms with Crippen LogP contribution in [0.25, 0.3) is 0 Å². The molecular formula is C26H27NO5. The number of methoxy groups -OCH3 is 2. The minimum atomic E-state index is -0.0816. The number of hydrogen-bond acceptors (Lipinski definition) is 5. The lowest BCUT2D eigenvalue weighted by atomic mass is 9.98. The maximum atomic E-state index is 12.9. The van der Waals surface area contributed by atoms with Crippen molar-refractivity contribution in [2.45, 2.75) is 25.3 Å². The number of benzene rings is 3. The van der Waals surface area contributed by atoms with Crippen LogP contribution in [-0.2, 0) is 24.1 Å². The van der Waals surface area contributed by atoms with Crippen molar-refractivity contribution >= 4 is 5.91 Å². The zero-order valence-corrected chi connectivity index (χ0v) is 18.3. The van der Waals surface area contributed by atoms with E-state index in [4.69, 9.17) is 18.9 Å². The van der Waals surface area contributed by atoms with E-state index in [0.717, 1.165) is 39.7 Å². The molecule has 1 heterocycles. The van der Waals surface area contributed by atoms with E-state index >= 15 is 0 Å². The summed E-state index contributed by atoms with van der Waals surface area (Å²) in [6.45, 7) is 0.241. The van der Waals surface area contributed by atoms with Crippen molar-refractivity contribution in [2.75, 3.05) is 21.0 Å². The molecule has 1 aliphatic heterocycles. The van der Waals surface area contributed by atoms with Crippen LogP contribution >= 0.6 is 0 Å². The Labute approximate surface area is 188 Å². The summed E-state index contributed by atoms with van der Waals surface area (Å²) >= 11 is 0. The molecular weight excluding hydrogens is 406 g/mol. The van der Waals surface area contributed by atoms with Crippen LogP contribution in [0.5, 0.6) is 23.0 Å². The number of fused-ring (bicyclic) bond motifs is 1. The van der Waals surface area contributed by atoms with E-state index in [-0.39, 0.29) is 25.2 Å². The van der Waals surface area contributed by atoms with Gasteiger partial charge >= 0.3 is 0 Å². The van der Waals surface area contributed by atoms with E-state index in [2.05, 4.69) is 5.32 Å². The van der Waals surface area contributed by atoms with Gasteiger partial charge in [-0.05, 0) is 65.9 Å². The zero-order chi connectivity index (χ0) is 22.3. The number of ether oxygens (including phenoxy) is 4. The summed E-state index contributed by atoms with van der Waals surface area (Å²) in [5.74, 6) is 3.02. The molecule has 0 unspecified atom stereocenters. The van der Waals surface area contributed by atoms with Gasteiger partial charge in [0, 0.05) is 6.04 Å². The normalized spacial score (nSPS) is 12.8. The predicted octanol–water partition coefficient (Wildman–Crippen LogP) is 3.95. The Bertz CT molecular complexity index is 1060. The fourth-order valence-electron chi connectivity index (χ4n) is 3.82. The van der Waals surface area contributed by atoms with Crippen LogP contribution in [0, 0.1) is 0 Å². The fraction of sp³-hybridized carbons (Fsp3) is 0.269. The molecule has 6 heteroatoms. The number of carbonyl (C=O) groups is 1. The number of rotatable bonds is 9. The van der Waals surface area contributed by atoms with Crippen LogP contribution in [0.4, 0.5) is 0 Å². The molecule has 3 aromatic rings. The molecule has 6 nitrogen and oxygen atoms in total. The average molecular weight is 434 g/mol. The number of carbonyl (C=O) groups excluding carboxylic acids is 1. The number of hydrogen-bond donors (Lipinski definition) is 1. The van der Waals surface area contributed by atoms with Crippen molar-refractivity contribution in [3.8, 4) is 23.0 Å². The van der Waals surface area contributed by atoms with Gasteiger partial charge in [-0.25, -0.2) is 0 Å². The summed E-state index contributed by atoms with van der Waals surface area (Å²) in [4.78, 5) is 12.9. The summed E-state index contributed by atoms with van der Waals surface area (Å²) in [5, 5.41) is 3.21. The maximum Gasteiger partial charge on any atom is 0.231 e. The second kappa shape index (κ2) is 10.1. The molecule has 1 N–H and O–H groups in total. The highest BCUT2D eigenvalue weighted by Gasteiger charge is 2.18. The lowest BCUT2D eigenvalue weighted by Crippen LogP contribution is -2.39. The molecule has 3 aromatic carbocycles. The molecule has 0 radical (unpaired) electrons. The Morgan fingerprint density at radius 1 is 0.844 bits per heavy atom. The summed E-state index contributed by atoms with van der Waals surface area (Å²) in [5.41, 5.74) is 3.11. The summed E-state index contributed by atoms with van der Waals surface area (Å²) < 4.78 is 21.4. The van der Waals surface area contributed by atoms with E-state index in [1.807, 2.05) is 66.7 Å². The second-order valence-electron chi connectivity index (χ2n) is 7.74. The first-order valence-electron chi connectivity index (χ1n) is 10.6. The van der Waals surface area contributed by atoms with Crippen molar-refractivity contribution in [1.29, 1.82) is 0 Å². The number of nitrogens with one attached hydrogen (secondary N) is 1. The third-order valence-electron chi connectivity index (χ3n) is 5.42. The van der Waals surface area contributed by atoms with Gasteiger partial charge in [-0.1, -0.05) is 30.3 Å². The Morgan fingerprint density at radius 2 is 1.56 bits per heavy atom. The largest absolute Gasteiger partial charge is 0.497 e. The van der Waals surface area contributed by atoms with Gasteiger partial charge in [-0.15, -0.1) is 0 Å². The fourth-order valence-corrected chi connectivity index (χ4v) is 3.82. The Morgan fingerprint density at radius 3 is 2.34 bits per heavy atom. The van der Waals surface area contributed by atoms with Crippen LogP contribution in [0.3, 0.4) is 0 Å². The maximum absolute atomic E-state index is 12.9. The lowest BCUT2D eigenvalue weighted by molar-refractivity contribution is -0.121. The van der Waals surface area contributed by atoms with Crippen LogP contribution in [-0.4, -0.2) is 33.0 Å². The summed E-state index contributed by atoms with van der Waals surface area (Å²) in [6.07, 6.45) is 1.66. The molecule has 1 amide bonds. The lowest BCUT2D eigenvalue weighted by Gasteiger charge is -2.20. The third-order valence-corrected chi connectivity index (χ3v) is 5.42. The highest BCUT2D eigenvalue weighted by atomic mass is 16.7. The minimum absolute atomic E-state index is 0.0301. The van der Waals surface area contributed by atoms with Gasteiger partial charge < -0.3 is 24.3 Å². The minimum Gasteiger partial charge on any atom is -0.497 e. The first-order chi connectivity index (χ1) is 15.6. The summed E-state index contributed by atoms with van der Waals surface area (Å²) in [6, 6.07) is 21.3. The van der Waals surface area contributed by atoms with Crippen molar-refractivity contribution in [3.05, 3.63) is 83.4 Å². The SMILES string of the molecule is COc1ccc(C[C@@H](Cc2ccc3c(c2)OCO3)NC(=O)Cc2cccc(OC)c2)cc1. The molecule has 1 aliphatic rings. The monoisotopic (exact) mass is 433 g/mol. The smallest absolute Gasteiger partial charge is 0.231 e. The highest BCUT2D eigenvalue weighted by Crippen LogP contribution is 2.33. The number of amides is 1. The van der Waals surface area contributed by atoms with Gasteiger partial charge in [0.2, 0.25) is 12.7 Å². The predicted molar refractivity (Wildman–Crippen MR) is 122 cm³/mol. The van der Waals surface area contributed by atoms with E-state index < -0.39 is 0 Å². The second-order valence-corrected chi connectivity index (χ2v) is 7.74. The van der Waals surface area contributed by atoms with Gasteiger partial charge in [0.15, 0.2) is 11.5 Å². The molecule has 166 valence electrons. The van der Waals surface area contributed by atoms with Gasteiger partial charge in [0.1, 0.15) is 11.5 Å². The van der Waals surface area contributed by atoms with Crippen LogP contribution in [0.2, 0.25) is 0 Å². The third kappa shape index (κ3) is 5.52. The first-order valence-corrected chi connectivity index (χ1v) is 10.6. The van der Waals surface area contributed by atoms with Gasteiger partial charge in [-0.2, -0.15) is 0 Å². The highest BCUT2D eigenvalue weighted by molar-refractivity contribution is 5.79. The standard InChI is InChI=1S/C26H27NO5/c1-29-22-9-6-18(7-10-22)12-21(13-20-8-11-24-25(15-20)32-17-31-24)27-26(28)16-19-4-3-5-23(14-19)30-2/h3-11,14-15,21H,12-13,16-17H2,1-2H3,(H,27,28)/t21-/m0/s1. The van der Waals surface area contributed by atoms with E-state index in [9.17, 15) is 4.79 Å². The van der Waals surface area contributed by atoms with Crippen molar-refractivity contribution < 1.29 is 23.7 Å². The molecule has 0 saturated heterocycles. The quantitative estimate of drug-likeness (QED) is 0.554. The van der Waals surface area contributed by atoms with Crippen molar-refractivity contribution in [3.63, 3.8) is 0 Å². The van der Waals surface area contributed by atoms with E-state index in [0.29, 0.717) is 12.8 Å². The molecule has 1 atom stereocenters. The molecule has 0 aromatic heterocycles. The molecule has 0 fully saturated rings. The molecule has 0 bridgehead atoms. The van der Waals surface area contributed by atoms with E-state index in [1.54, 1.807) is 14.2 Å². The Hall–Kier alpha value is -3.67. The molecule has 0 spiro atoms. The van der Waals surface area contributed by atoms with Gasteiger partial charge in [0.05, 0.1) is 20.6 Å². The summed E-state index contributed by atoms with van der Waals surface area (Å²) in [7, 11) is 3.27. The van der Waals surface area contributed by atoms with Crippen LogP contribution in [0.15, 0.2) is 66.7 Å². The van der Waals surface area contributed by atoms with Gasteiger partial charge in [-0.3, -0.25) is 4.79 Å². The Kier molecular flexibility index (Phi) is 6.80. The van der Waals surface area contributed by atoms with Crippen LogP contribution < -0.4 is 24.3 Å². The molecule has 32 heavy (non-hydrogen) atoms. The van der Waals surface area contributed by atoms with E-state index in [1.165, 1.54) is 0 Å². The average Bonchev–Trinajstić information content (AvgIpc) is 3.27. The van der Waals surface area contributed by atoms with Gasteiger partial charge in [0.25, 0.3) is 0 Å². The van der Waals surface area contributed by atoms with Crippen molar-refractivity contribution in [2.24, 2.45) is 0 Å². The molecule has 0 saturated carbocycles. The molecule has 4 rings (SSSR count). The van der Waals surface area contributed by atoms with Crippen LogP contribution in [0.1, 0.15) is 16.7 Å². The topological polar surface area (TPSA) is 66.0 Å². The zero-order valence-electron chi connectivity index (χ0n) is 18.3. The first kappa shape index (κ1) is 21.6.